The zero-order valence-corrected chi connectivity index (χ0v) is 13.5. The predicted octanol–water partition coefficient (Wildman–Crippen LogP) is 2.68. The van der Waals surface area contributed by atoms with Crippen LogP contribution in [0.25, 0.3) is 16.6 Å². The quantitative estimate of drug-likeness (QED) is 0.600. The third kappa shape index (κ3) is 2.99. The van der Waals surface area contributed by atoms with E-state index >= 15 is 0 Å². The molecule has 4 rings (SSSR count). The molecule has 0 amide bonds. The Morgan fingerprint density at radius 1 is 1.16 bits per heavy atom. The van der Waals surface area contributed by atoms with Gasteiger partial charge in [0, 0.05) is 0 Å². The number of anilines is 1. The Hall–Kier alpha value is -3.48. The van der Waals surface area contributed by atoms with Crippen molar-refractivity contribution in [3.63, 3.8) is 0 Å². The van der Waals surface area contributed by atoms with E-state index in [1.54, 1.807) is 17.1 Å². The molecule has 25 heavy (non-hydrogen) atoms. The molecule has 0 saturated carbocycles. The molecule has 124 valence electrons. The van der Waals surface area contributed by atoms with Crippen LogP contribution in [0.15, 0.2) is 66.0 Å². The van der Waals surface area contributed by atoms with Crippen molar-refractivity contribution in [2.45, 2.75) is 13.0 Å². The van der Waals surface area contributed by atoms with Gasteiger partial charge in [-0.25, -0.2) is 14.6 Å². The summed E-state index contributed by atoms with van der Waals surface area (Å²) < 4.78 is 1.70. The maximum atomic E-state index is 12.2. The zero-order valence-electron chi connectivity index (χ0n) is 13.5. The lowest BCUT2D eigenvalue weighted by molar-refractivity contribution is 0.842. The molecule has 0 aliphatic carbocycles. The number of rotatable bonds is 4. The van der Waals surface area contributed by atoms with Crippen molar-refractivity contribution >= 4 is 16.9 Å². The summed E-state index contributed by atoms with van der Waals surface area (Å²) in [5, 5.41) is 7.97. The summed E-state index contributed by atoms with van der Waals surface area (Å²) in [5.74, 6) is 0.447. The molecule has 7 nitrogen and oxygen atoms in total. The van der Waals surface area contributed by atoms with Crippen molar-refractivity contribution in [1.82, 2.24) is 24.7 Å². The van der Waals surface area contributed by atoms with Gasteiger partial charge in [-0.3, -0.25) is 9.78 Å². The molecular weight excluding hydrogens is 316 g/mol. The molecule has 0 aliphatic heterocycles. The van der Waals surface area contributed by atoms with E-state index in [0.29, 0.717) is 16.9 Å². The minimum Gasteiger partial charge on any atom is -0.349 e. The summed E-state index contributed by atoms with van der Waals surface area (Å²) in [4.78, 5) is 23.4. The van der Waals surface area contributed by atoms with Crippen molar-refractivity contribution in [2.75, 3.05) is 5.32 Å². The van der Waals surface area contributed by atoms with E-state index in [1.165, 1.54) is 6.33 Å². The van der Waals surface area contributed by atoms with Gasteiger partial charge < -0.3 is 5.32 Å². The Labute approximate surface area is 143 Å². The van der Waals surface area contributed by atoms with Crippen LogP contribution in [0.4, 0.5) is 5.95 Å². The lowest BCUT2D eigenvalue weighted by Gasteiger charge is -2.16. The molecule has 0 saturated heterocycles. The number of para-hydroxylation sites is 1. The Morgan fingerprint density at radius 2 is 2.04 bits per heavy atom. The first kappa shape index (κ1) is 15.1. The highest BCUT2D eigenvalue weighted by Gasteiger charge is 2.10. The fourth-order valence-electron chi connectivity index (χ4n) is 2.72. The van der Waals surface area contributed by atoms with Gasteiger partial charge in [0.1, 0.15) is 12.7 Å². The molecule has 0 aliphatic rings. The summed E-state index contributed by atoms with van der Waals surface area (Å²) in [6.45, 7) is 2.01. The van der Waals surface area contributed by atoms with Crippen LogP contribution in [0.1, 0.15) is 18.5 Å². The van der Waals surface area contributed by atoms with Gasteiger partial charge in [-0.2, -0.15) is 5.10 Å². The van der Waals surface area contributed by atoms with E-state index in [9.17, 15) is 4.79 Å². The molecule has 0 unspecified atom stereocenters. The summed E-state index contributed by atoms with van der Waals surface area (Å²) >= 11 is 0. The van der Waals surface area contributed by atoms with Crippen LogP contribution in [0.5, 0.6) is 0 Å². The third-order valence-corrected chi connectivity index (χ3v) is 4.02. The average molecular weight is 332 g/mol. The van der Waals surface area contributed by atoms with Crippen LogP contribution < -0.4 is 10.9 Å². The zero-order chi connectivity index (χ0) is 17.2. The highest BCUT2D eigenvalue weighted by molar-refractivity contribution is 5.78. The molecule has 2 heterocycles. The van der Waals surface area contributed by atoms with Gasteiger partial charge in [-0.1, -0.05) is 24.3 Å². The maximum absolute atomic E-state index is 12.2. The minimum absolute atomic E-state index is 0.0483. The lowest BCUT2D eigenvalue weighted by atomic mass is 10.1. The molecule has 2 N–H and O–H groups in total. The van der Waals surface area contributed by atoms with Crippen molar-refractivity contribution in [3.8, 4) is 5.69 Å². The monoisotopic (exact) mass is 332 g/mol. The molecule has 0 radical (unpaired) electrons. The van der Waals surface area contributed by atoms with Gasteiger partial charge in [-0.15, -0.1) is 0 Å². The van der Waals surface area contributed by atoms with Gasteiger partial charge in [0.05, 0.1) is 22.6 Å². The second-order valence-corrected chi connectivity index (χ2v) is 5.73. The van der Waals surface area contributed by atoms with E-state index in [2.05, 4.69) is 25.4 Å². The minimum atomic E-state index is -0.156. The molecule has 0 fully saturated rings. The molecule has 0 bridgehead atoms. The standard InChI is InChI=1S/C18H16N6O/c1-12(13-5-4-6-14(9-13)24-11-19-10-20-24)21-18-22-16-8-3-2-7-15(16)17(25)23-18/h2-12H,1H3,(H2,21,22,23,25)/t12-/m0/s1. The number of fused-ring (bicyclic) bond motifs is 1. The first-order valence-electron chi connectivity index (χ1n) is 7.91. The topological polar surface area (TPSA) is 88.5 Å². The van der Waals surface area contributed by atoms with Gasteiger partial charge in [-0.05, 0) is 36.8 Å². The molecule has 2 aromatic heterocycles. The van der Waals surface area contributed by atoms with E-state index in [0.717, 1.165) is 11.3 Å². The highest BCUT2D eigenvalue weighted by atomic mass is 16.1. The number of hydrogen-bond acceptors (Lipinski definition) is 5. The SMILES string of the molecule is C[C@H](Nc1nc2ccccc2c(=O)[nH]1)c1cccc(-n2cncn2)c1. The second-order valence-electron chi connectivity index (χ2n) is 5.73. The summed E-state index contributed by atoms with van der Waals surface area (Å²) in [6, 6.07) is 15.2. The van der Waals surface area contributed by atoms with Crippen LogP contribution in [0.2, 0.25) is 0 Å². The Bertz CT molecular complexity index is 1070. The first-order valence-corrected chi connectivity index (χ1v) is 7.91. The maximum Gasteiger partial charge on any atom is 0.260 e. The Balaban J connectivity index is 1.63. The number of nitrogens with zero attached hydrogens (tertiary/aromatic N) is 4. The van der Waals surface area contributed by atoms with Crippen LogP contribution in [-0.2, 0) is 0 Å². The van der Waals surface area contributed by atoms with Gasteiger partial charge >= 0.3 is 0 Å². The smallest absolute Gasteiger partial charge is 0.260 e. The number of aromatic amines is 1. The Morgan fingerprint density at radius 3 is 2.88 bits per heavy atom. The van der Waals surface area contributed by atoms with E-state index in [1.807, 2.05) is 49.4 Å². The first-order chi connectivity index (χ1) is 12.2. The van der Waals surface area contributed by atoms with Crippen LogP contribution >= 0.6 is 0 Å². The summed E-state index contributed by atoms with van der Waals surface area (Å²) in [7, 11) is 0. The number of H-pyrrole nitrogens is 1. The number of nitrogens with one attached hydrogen (secondary N) is 2. The number of benzene rings is 2. The fraction of sp³-hybridized carbons (Fsp3) is 0.111. The van der Waals surface area contributed by atoms with Crippen molar-refractivity contribution in [2.24, 2.45) is 0 Å². The van der Waals surface area contributed by atoms with E-state index in [-0.39, 0.29) is 11.6 Å². The van der Waals surface area contributed by atoms with Crippen molar-refractivity contribution in [3.05, 3.63) is 77.1 Å². The lowest BCUT2D eigenvalue weighted by Crippen LogP contribution is -2.15. The average Bonchev–Trinajstić information content (AvgIpc) is 3.17. The van der Waals surface area contributed by atoms with Gasteiger partial charge in [0.15, 0.2) is 0 Å². The molecule has 2 aromatic carbocycles. The highest BCUT2D eigenvalue weighted by Crippen LogP contribution is 2.20. The van der Waals surface area contributed by atoms with E-state index in [4.69, 9.17) is 0 Å². The van der Waals surface area contributed by atoms with Crippen molar-refractivity contribution < 1.29 is 0 Å². The van der Waals surface area contributed by atoms with Crippen LogP contribution in [0.3, 0.4) is 0 Å². The van der Waals surface area contributed by atoms with Gasteiger partial charge in [0.2, 0.25) is 5.95 Å². The predicted molar refractivity (Wildman–Crippen MR) is 95.8 cm³/mol. The molecule has 1 atom stereocenters. The van der Waals surface area contributed by atoms with E-state index < -0.39 is 0 Å². The molecular formula is C18H16N6O. The summed E-state index contributed by atoms with van der Waals surface area (Å²) in [5.41, 5.74) is 2.47. The summed E-state index contributed by atoms with van der Waals surface area (Å²) in [6.07, 6.45) is 3.15. The largest absolute Gasteiger partial charge is 0.349 e. The fourth-order valence-corrected chi connectivity index (χ4v) is 2.72. The van der Waals surface area contributed by atoms with Crippen LogP contribution in [0, 0.1) is 0 Å². The Kier molecular flexibility index (Phi) is 3.74. The number of hydrogen-bond donors (Lipinski definition) is 2. The second kappa shape index (κ2) is 6.20. The number of aromatic nitrogens is 5. The molecule has 7 heteroatoms. The molecule has 0 spiro atoms. The van der Waals surface area contributed by atoms with Crippen molar-refractivity contribution in [1.29, 1.82) is 0 Å². The third-order valence-electron chi connectivity index (χ3n) is 4.02. The normalized spacial score (nSPS) is 12.2. The van der Waals surface area contributed by atoms with Gasteiger partial charge in [0.25, 0.3) is 5.56 Å². The van der Waals surface area contributed by atoms with Crippen LogP contribution in [-0.4, -0.2) is 24.7 Å². The molecule has 4 aromatic rings.